The smallest absolute Gasteiger partial charge is 0.309 e. The molecule has 1 aromatic carbocycles. The predicted molar refractivity (Wildman–Crippen MR) is 68.2 cm³/mol. The number of ether oxygens (including phenoxy) is 1. The van der Waals surface area contributed by atoms with Crippen LogP contribution in [-0.2, 0) is 9.59 Å². The number of amides is 2. The molecule has 0 heterocycles. The Morgan fingerprint density at radius 3 is 2.50 bits per heavy atom. The minimum Gasteiger partial charge on any atom is -0.492 e. The van der Waals surface area contributed by atoms with Crippen molar-refractivity contribution in [1.29, 1.82) is 0 Å². The molecule has 0 unspecified atom stereocenters. The van der Waals surface area contributed by atoms with Crippen LogP contribution >= 0.6 is 0 Å². The Morgan fingerprint density at radius 2 is 1.83 bits per heavy atom. The van der Waals surface area contributed by atoms with Crippen LogP contribution in [0.4, 0.5) is 0 Å². The van der Waals surface area contributed by atoms with Crippen molar-refractivity contribution in [3.05, 3.63) is 43.0 Å². The van der Waals surface area contributed by atoms with E-state index in [4.69, 9.17) is 4.74 Å². The standard InChI is InChI=1S/C13H16N2O3/c1-2-8-14-12(16)13(17)15-9-10-18-11-6-4-3-5-7-11/h2-7H,1,8-10H2,(H,14,16)(H,15,17). The first kappa shape index (κ1) is 13.8. The van der Waals surface area contributed by atoms with E-state index in [1.807, 2.05) is 30.3 Å². The molecule has 0 aliphatic rings. The Hall–Kier alpha value is -2.30. The molecule has 0 aliphatic carbocycles. The molecule has 5 nitrogen and oxygen atoms in total. The molecule has 0 saturated carbocycles. The van der Waals surface area contributed by atoms with Gasteiger partial charge in [0.1, 0.15) is 12.4 Å². The van der Waals surface area contributed by atoms with Gasteiger partial charge < -0.3 is 15.4 Å². The topological polar surface area (TPSA) is 67.4 Å². The van der Waals surface area contributed by atoms with E-state index in [2.05, 4.69) is 17.2 Å². The highest BCUT2D eigenvalue weighted by Crippen LogP contribution is 2.07. The van der Waals surface area contributed by atoms with Crippen molar-refractivity contribution < 1.29 is 14.3 Å². The molecular weight excluding hydrogens is 232 g/mol. The Balaban J connectivity index is 2.16. The number of carbonyl (C=O) groups excluding carboxylic acids is 2. The average molecular weight is 248 g/mol. The zero-order valence-corrected chi connectivity index (χ0v) is 10.0. The van der Waals surface area contributed by atoms with Crippen molar-refractivity contribution in [2.75, 3.05) is 19.7 Å². The van der Waals surface area contributed by atoms with Gasteiger partial charge in [-0.3, -0.25) is 9.59 Å². The van der Waals surface area contributed by atoms with Crippen LogP contribution in [0.3, 0.4) is 0 Å². The van der Waals surface area contributed by atoms with Gasteiger partial charge in [0.05, 0.1) is 6.54 Å². The van der Waals surface area contributed by atoms with Gasteiger partial charge in [0.25, 0.3) is 0 Å². The SMILES string of the molecule is C=CCNC(=O)C(=O)NCCOc1ccccc1. The molecule has 1 rings (SSSR count). The van der Waals surface area contributed by atoms with Crippen LogP contribution in [0.15, 0.2) is 43.0 Å². The monoisotopic (exact) mass is 248 g/mol. The van der Waals surface area contributed by atoms with Crippen molar-refractivity contribution in [3.8, 4) is 5.75 Å². The highest BCUT2D eigenvalue weighted by Gasteiger charge is 2.10. The molecule has 18 heavy (non-hydrogen) atoms. The number of hydrogen-bond donors (Lipinski definition) is 2. The zero-order chi connectivity index (χ0) is 13.2. The lowest BCUT2D eigenvalue weighted by Gasteiger charge is -2.07. The first-order chi connectivity index (χ1) is 8.74. The Kier molecular flexibility index (Phi) is 6.03. The first-order valence-corrected chi connectivity index (χ1v) is 5.59. The molecule has 0 spiro atoms. The van der Waals surface area contributed by atoms with Crippen LogP contribution in [-0.4, -0.2) is 31.5 Å². The number of carbonyl (C=O) groups is 2. The largest absolute Gasteiger partial charge is 0.492 e. The number of hydrogen-bond acceptors (Lipinski definition) is 3. The molecule has 0 atom stereocenters. The summed E-state index contributed by atoms with van der Waals surface area (Å²) in [5.74, 6) is -0.619. The lowest BCUT2D eigenvalue weighted by Crippen LogP contribution is -2.41. The van der Waals surface area contributed by atoms with E-state index >= 15 is 0 Å². The molecule has 0 radical (unpaired) electrons. The van der Waals surface area contributed by atoms with Crippen LogP contribution in [0.5, 0.6) is 5.75 Å². The second-order valence-electron chi connectivity index (χ2n) is 3.42. The highest BCUT2D eigenvalue weighted by atomic mass is 16.5. The van der Waals surface area contributed by atoms with Gasteiger partial charge in [0, 0.05) is 6.54 Å². The van der Waals surface area contributed by atoms with E-state index in [-0.39, 0.29) is 13.1 Å². The molecule has 2 N–H and O–H groups in total. The summed E-state index contributed by atoms with van der Waals surface area (Å²) in [5, 5.41) is 4.83. The first-order valence-electron chi connectivity index (χ1n) is 5.59. The minimum atomic E-state index is -0.673. The number of rotatable bonds is 6. The van der Waals surface area contributed by atoms with E-state index < -0.39 is 11.8 Å². The zero-order valence-electron chi connectivity index (χ0n) is 10.0. The molecule has 2 amide bonds. The average Bonchev–Trinajstić information content (AvgIpc) is 2.41. The summed E-state index contributed by atoms with van der Waals surface area (Å²) in [6.45, 7) is 4.29. The van der Waals surface area contributed by atoms with Crippen LogP contribution < -0.4 is 15.4 Å². The minimum absolute atomic E-state index is 0.271. The number of benzene rings is 1. The fourth-order valence-corrected chi connectivity index (χ4v) is 1.18. The number of nitrogens with one attached hydrogen (secondary N) is 2. The summed E-state index contributed by atoms with van der Waals surface area (Å²) in [6.07, 6.45) is 1.50. The number of para-hydroxylation sites is 1. The third-order valence-corrected chi connectivity index (χ3v) is 2.01. The Morgan fingerprint density at radius 1 is 1.17 bits per heavy atom. The van der Waals surface area contributed by atoms with Crippen molar-refractivity contribution in [1.82, 2.24) is 10.6 Å². The van der Waals surface area contributed by atoms with E-state index in [1.165, 1.54) is 6.08 Å². The van der Waals surface area contributed by atoms with Crippen LogP contribution in [0.1, 0.15) is 0 Å². The quantitative estimate of drug-likeness (QED) is 0.437. The summed E-state index contributed by atoms with van der Waals surface area (Å²) in [6, 6.07) is 9.24. The van der Waals surface area contributed by atoms with Gasteiger partial charge in [-0.1, -0.05) is 24.3 Å². The van der Waals surface area contributed by atoms with Crippen molar-refractivity contribution in [2.24, 2.45) is 0 Å². The summed E-state index contributed by atoms with van der Waals surface area (Å²) < 4.78 is 5.35. The van der Waals surface area contributed by atoms with Crippen LogP contribution in [0, 0.1) is 0 Å². The van der Waals surface area contributed by atoms with Gasteiger partial charge in [0.2, 0.25) is 0 Å². The lowest BCUT2D eigenvalue weighted by molar-refractivity contribution is -0.139. The molecule has 1 aromatic rings. The normalized spacial score (nSPS) is 9.33. The molecule has 96 valence electrons. The molecule has 0 aromatic heterocycles. The summed E-state index contributed by atoms with van der Waals surface area (Å²) in [4.78, 5) is 22.4. The van der Waals surface area contributed by atoms with Crippen LogP contribution in [0.2, 0.25) is 0 Å². The molecule has 0 aliphatic heterocycles. The maximum absolute atomic E-state index is 11.2. The Bertz CT molecular complexity index is 404. The fourth-order valence-electron chi connectivity index (χ4n) is 1.18. The van der Waals surface area contributed by atoms with Crippen molar-refractivity contribution in [2.45, 2.75) is 0 Å². The van der Waals surface area contributed by atoms with E-state index in [0.29, 0.717) is 6.61 Å². The van der Waals surface area contributed by atoms with Gasteiger partial charge >= 0.3 is 11.8 Å². The molecule has 0 fully saturated rings. The van der Waals surface area contributed by atoms with Crippen LogP contribution in [0.25, 0.3) is 0 Å². The molecular formula is C13H16N2O3. The fraction of sp³-hybridized carbons (Fsp3) is 0.231. The van der Waals surface area contributed by atoms with Crippen molar-refractivity contribution >= 4 is 11.8 Å². The summed E-state index contributed by atoms with van der Waals surface area (Å²) in [5.41, 5.74) is 0. The lowest BCUT2D eigenvalue weighted by atomic mass is 10.3. The summed E-state index contributed by atoms with van der Waals surface area (Å²) >= 11 is 0. The van der Waals surface area contributed by atoms with Gasteiger partial charge in [-0.25, -0.2) is 0 Å². The third-order valence-electron chi connectivity index (χ3n) is 2.01. The Labute approximate surface area is 106 Å². The molecule has 0 saturated heterocycles. The second kappa shape index (κ2) is 7.89. The second-order valence-corrected chi connectivity index (χ2v) is 3.42. The van der Waals surface area contributed by atoms with Gasteiger partial charge in [0.15, 0.2) is 0 Å². The van der Waals surface area contributed by atoms with E-state index in [0.717, 1.165) is 5.75 Å². The maximum Gasteiger partial charge on any atom is 0.309 e. The predicted octanol–water partition coefficient (Wildman–Crippen LogP) is 0.484. The highest BCUT2D eigenvalue weighted by molar-refractivity contribution is 6.35. The van der Waals surface area contributed by atoms with E-state index in [1.54, 1.807) is 0 Å². The third kappa shape index (κ3) is 5.16. The maximum atomic E-state index is 11.2. The van der Waals surface area contributed by atoms with E-state index in [9.17, 15) is 9.59 Å². The van der Waals surface area contributed by atoms with Gasteiger partial charge in [-0.15, -0.1) is 6.58 Å². The molecule has 5 heteroatoms. The molecule has 0 bridgehead atoms. The van der Waals surface area contributed by atoms with Crippen molar-refractivity contribution in [3.63, 3.8) is 0 Å². The summed E-state index contributed by atoms with van der Waals surface area (Å²) in [7, 11) is 0. The van der Waals surface area contributed by atoms with Gasteiger partial charge in [-0.05, 0) is 12.1 Å². The van der Waals surface area contributed by atoms with Gasteiger partial charge in [-0.2, -0.15) is 0 Å².